The number of ether oxygens (including phenoxy) is 1. The second-order valence-corrected chi connectivity index (χ2v) is 9.10. The van der Waals surface area contributed by atoms with Crippen LogP contribution in [0.15, 0.2) is 54.6 Å². The molecule has 2 aromatic carbocycles. The topological polar surface area (TPSA) is 73.9 Å². The zero-order valence-electron chi connectivity index (χ0n) is 19.5. The molecule has 7 heteroatoms. The maximum atomic E-state index is 13.2. The van der Waals surface area contributed by atoms with Crippen LogP contribution in [0.3, 0.4) is 0 Å². The van der Waals surface area contributed by atoms with Gasteiger partial charge in [0.15, 0.2) is 0 Å². The first-order chi connectivity index (χ1) is 16.0. The van der Waals surface area contributed by atoms with E-state index in [1.807, 2.05) is 30.1 Å². The van der Waals surface area contributed by atoms with Crippen molar-refractivity contribution in [2.24, 2.45) is 0 Å². The molecule has 2 N–H and O–H groups in total. The van der Waals surface area contributed by atoms with E-state index in [-0.39, 0.29) is 18.4 Å². The molecule has 2 amide bonds. The molecule has 1 unspecified atom stereocenters. The number of amides is 2. The van der Waals surface area contributed by atoms with Crippen molar-refractivity contribution in [1.82, 2.24) is 20.4 Å². The van der Waals surface area contributed by atoms with Crippen LogP contribution in [-0.2, 0) is 9.53 Å². The van der Waals surface area contributed by atoms with Gasteiger partial charge < -0.3 is 19.9 Å². The zero-order valence-corrected chi connectivity index (χ0v) is 19.5. The van der Waals surface area contributed by atoms with Crippen LogP contribution in [-0.4, -0.2) is 80.3 Å². The number of hydrogen-bond acceptors (Lipinski definition) is 5. The number of piperazine rings is 1. The van der Waals surface area contributed by atoms with Gasteiger partial charge in [-0.05, 0) is 38.1 Å². The SMILES string of the molecule is Cc1ccc([C@@H]2CC2NCOC[C@H](NC(=O)c2ccccc2)C(=O)N2CCN(C)CC2)cc1. The van der Waals surface area contributed by atoms with Gasteiger partial charge in [0.05, 0.1) is 13.3 Å². The van der Waals surface area contributed by atoms with Crippen LogP contribution in [0.5, 0.6) is 0 Å². The molecule has 0 radical (unpaired) electrons. The van der Waals surface area contributed by atoms with Crippen LogP contribution >= 0.6 is 0 Å². The summed E-state index contributed by atoms with van der Waals surface area (Å²) in [6.45, 7) is 5.55. The highest BCUT2D eigenvalue weighted by Gasteiger charge is 2.38. The number of nitrogens with zero attached hydrogens (tertiary/aromatic N) is 2. The van der Waals surface area contributed by atoms with Crippen molar-refractivity contribution in [3.8, 4) is 0 Å². The first kappa shape index (κ1) is 23.4. The summed E-state index contributed by atoms with van der Waals surface area (Å²) < 4.78 is 5.84. The standard InChI is InChI=1S/C26H34N4O3/c1-19-8-10-20(11-9-19)22-16-23(22)27-18-33-17-24(26(32)30-14-12-29(2)13-15-30)28-25(31)21-6-4-3-5-7-21/h3-11,22-24,27H,12-18H2,1-2H3,(H,28,31)/t22-,23?,24-/m0/s1. The van der Waals surface area contributed by atoms with Gasteiger partial charge in [-0.1, -0.05) is 48.0 Å². The average molecular weight is 451 g/mol. The molecular formula is C26H34N4O3. The molecule has 2 aliphatic rings. The molecule has 0 aromatic heterocycles. The summed E-state index contributed by atoms with van der Waals surface area (Å²) in [4.78, 5) is 29.9. The second kappa shape index (κ2) is 10.9. The Bertz CT molecular complexity index is 926. The van der Waals surface area contributed by atoms with Gasteiger partial charge in [0.2, 0.25) is 5.91 Å². The Morgan fingerprint density at radius 2 is 1.73 bits per heavy atom. The fourth-order valence-corrected chi connectivity index (χ4v) is 4.20. The molecule has 1 saturated heterocycles. The lowest BCUT2D eigenvalue weighted by molar-refractivity contribution is -0.136. The van der Waals surface area contributed by atoms with Crippen LogP contribution < -0.4 is 10.6 Å². The van der Waals surface area contributed by atoms with Crippen molar-refractivity contribution in [1.29, 1.82) is 0 Å². The fourth-order valence-electron chi connectivity index (χ4n) is 4.20. The number of nitrogens with one attached hydrogen (secondary N) is 2. The molecule has 2 fully saturated rings. The predicted octanol–water partition coefficient (Wildman–Crippen LogP) is 1.99. The number of carbonyl (C=O) groups is 2. The van der Waals surface area contributed by atoms with Crippen LogP contribution in [0.1, 0.15) is 33.8 Å². The summed E-state index contributed by atoms with van der Waals surface area (Å²) in [6, 6.07) is 17.3. The maximum absolute atomic E-state index is 13.2. The van der Waals surface area contributed by atoms with Crippen LogP contribution in [0, 0.1) is 6.92 Å². The molecule has 0 spiro atoms. The third-order valence-corrected chi connectivity index (χ3v) is 6.48. The lowest BCUT2D eigenvalue weighted by Gasteiger charge is -2.34. The Hall–Kier alpha value is -2.74. The van der Waals surface area contributed by atoms with E-state index < -0.39 is 6.04 Å². The molecule has 1 aliphatic heterocycles. The van der Waals surface area contributed by atoms with E-state index in [1.54, 1.807) is 12.1 Å². The quantitative estimate of drug-likeness (QED) is 0.452. The number of carbonyl (C=O) groups excluding carboxylic acids is 2. The summed E-state index contributed by atoms with van der Waals surface area (Å²) in [7, 11) is 2.05. The van der Waals surface area contributed by atoms with E-state index in [0.29, 0.717) is 37.3 Å². The van der Waals surface area contributed by atoms with Gasteiger partial charge in [-0.15, -0.1) is 0 Å². The van der Waals surface area contributed by atoms with E-state index in [9.17, 15) is 9.59 Å². The highest BCUT2D eigenvalue weighted by atomic mass is 16.5. The monoisotopic (exact) mass is 450 g/mol. The maximum Gasteiger partial charge on any atom is 0.251 e. The van der Waals surface area contributed by atoms with Gasteiger partial charge in [0.25, 0.3) is 5.91 Å². The van der Waals surface area contributed by atoms with Crippen molar-refractivity contribution in [2.75, 3.05) is 46.6 Å². The summed E-state index contributed by atoms with van der Waals surface area (Å²) in [6.07, 6.45) is 1.08. The molecule has 4 rings (SSSR count). The normalized spacial score (nSPS) is 21.5. The first-order valence-corrected chi connectivity index (χ1v) is 11.7. The first-order valence-electron chi connectivity index (χ1n) is 11.7. The Morgan fingerprint density at radius 3 is 2.42 bits per heavy atom. The van der Waals surface area contributed by atoms with Gasteiger partial charge in [-0.25, -0.2) is 0 Å². The summed E-state index contributed by atoms with van der Waals surface area (Å²) >= 11 is 0. The average Bonchev–Trinajstić information content (AvgIpc) is 3.61. The Labute approximate surface area is 196 Å². The molecular weight excluding hydrogens is 416 g/mol. The lowest BCUT2D eigenvalue weighted by Crippen LogP contribution is -2.55. The van der Waals surface area contributed by atoms with Gasteiger partial charge in [0, 0.05) is 43.7 Å². The van der Waals surface area contributed by atoms with Gasteiger partial charge in [0.1, 0.15) is 6.04 Å². The van der Waals surface area contributed by atoms with E-state index >= 15 is 0 Å². The van der Waals surface area contributed by atoms with Crippen LogP contribution in [0.4, 0.5) is 0 Å². The largest absolute Gasteiger partial charge is 0.364 e. The van der Waals surface area contributed by atoms with Crippen LogP contribution in [0.2, 0.25) is 0 Å². The second-order valence-electron chi connectivity index (χ2n) is 9.10. The number of benzene rings is 2. The highest BCUT2D eigenvalue weighted by Crippen LogP contribution is 2.40. The van der Waals surface area contributed by atoms with E-state index in [4.69, 9.17) is 4.74 Å². The van der Waals surface area contributed by atoms with Crippen molar-refractivity contribution < 1.29 is 14.3 Å². The molecule has 7 nitrogen and oxygen atoms in total. The molecule has 1 aliphatic carbocycles. The number of aryl methyl sites for hydroxylation is 1. The summed E-state index contributed by atoms with van der Waals surface area (Å²) in [5, 5.41) is 6.31. The van der Waals surface area contributed by atoms with E-state index in [0.717, 1.165) is 19.5 Å². The minimum atomic E-state index is -0.713. The third kappa shape index (κ3) is 6.41. The summed E-state index contributed by atoms with van der Waals surface area (Å²) in [5.41, 5.74) is 3.14. The minimum absolute atomic E-state index is 0.0867. The van der Waals surface area contributed by atoms with E-state index in [1.165, 1.54) is 11.1 Å². The lowest BCUT2D eigenvalue weighted by atomic mass is 10.1. The van der Waals surface area contributed by atoms with Crippen molar-refractivity contribution in [3.05, 3.63) is 71.3 Å². The van der Waals surface area contributed by atoms with Gasteiger partial charge in [-0.3, -0.25) is 14.9 Å². The van der Waals surface area contributed by atoms with Crippen LogP contribution in [0.25, 0.3) is 0 Å². The number of hydrogen-bond donors (Lipinski definition) is 2. The number of rotatable bonds is 9. The number of likely N-dealkylation sites (N-methyl/N-ethyl adjacent to an activating group) is 1. The predicted molar refractivity (Wildman–Crippen MR) is 128 cm³/mol. The molecule has 0 bridgehead atoms. The highest BCUT2D eigenvalue weighted by molar-refractivity contribution is 5.97. The minimum Gasteiger partial charge on any atom is -0.364 e. The van der Waals surface area contributed by atoms with Crippen molar-refractivity contribution in [2.45, 2.75) is 31.3 Å². The molecule has 1 saturated carbocycles. The third-order valence-electron chi connectivity index (χ3n) is 6.48. The Morgan fingerprint density at radius 1 is 1.03 bits per heavy atom. The Kier molecular flexibility index (Phi) is 7.75. The zero-order chi connectivity index (χ0) is 23.2. The summed E-state index contributed by atoms with van der Waals surface area (Å²) in [5.74, 6) is 0.160. The van der Waals surface area contributed by atoms with E-state index in [2.05, 4.69) is 46.7 Å². The van der Waals surface area contributed by atoms with Gasteiger partial charge in [-0.2, -0.15) is 0 Å². The van der Waals surface area contributed by atoms with Gasteiger partial charge >= 0.3 is 0 Å². The van der Waals surface area contributed by atoms with Crippen molar-refractivity contribution in [3.63, 3.8) is 0 Å². The molecule has 176 valence electrons. The smallest absolute Gasteiger partial charge is 0.251 e. The molecule has 33 heavy (non-hydrogen) atoms. The fraction of sp³-hybridized carbons (Fsp3) is 0.462. The Balaban J connectivity index is 1.29. The molecule has 1 heterocycles. The molecule has 2 aromatic rings. The molecule has 3 atom stereocenters. The van der Waals surface area contributed by atoms with Crippen molar-refractivity contribution >= 4 is 11.8 Å².